The Morgan fingerprint density at radius 1 is 1.00 bits per heavy atom. The van der Waals surface area contributed by atoms with Crippen LogP contribution in [0.15, 0.2) is 54.6 Å². The Kier molecular flexibility index (Phi) is 4.15. The van der Waals surface area contributed by atoms with Crippen LogP contribution in [0.5, 0.6) is 0 Å². The molecule has 4 nitrogen and oxygen atoms in total. The Balaban J connectivity index is 2.25. The molecule has 102 valence electrons. The molecule has 0 bridgehead atoms. The van der Waals surface area contributed by atoms with Gasteiger partial charge < -0.3 is 10.4 Å². The molecule has 0 fully saturated rings. The van der Waals surface area contributed by atoms with Crippen molar-refractivity contribution in [3.8, 4) is 0 Å². The lowest BCUT2D eigenvalue weighted by Crippen LogP contribution is -2.27. The van der Waals surface area contributed by atoms with E-state index in [1.54, 1.807) is 42.5 Å². The van der Waals surface area contributed by atoms with Gasteiger partial charge in [0.05, 0.1) is 0 Å². The van der Waals surface area contributed by atoms with Gasteiger partial charge in [0.25, 0.3) is 0 Å². The van der Waals surface area contributed by atoms with Gasteiger partial charge in [-0.15, -0.1) is 0 Å². The molecule has 0 radical (unpaired) electrons. The average Bonchev–Trinajstić information content (AvgIpc) is 2.42. The molecule has 0 aromatic heterocycles. The van der Waals surface area contributed by atoms with Gasteiger partial charge in [-0.1, -0.05) is 48.5 Å². The molecular weight excluding hydrogens is 254 g/mol. The van der Waals surface area contributed by atoms with E-state index < -0.39 is 17.8 Å². The van der Waals surface area contributed by atoms with E-state index in [1.807, 2.05) is 19.1 Å². The second-order valence-corrected chi connectivity index (χ2v) is 4.49. The summed E-state index contributed by atoms with van der Waals surface area (Å²) in [5.74, 6) is -2.92. The fraction of sp³-hybridized carbons (Fsp3) is 0.125. The fourth-order valence-electron chi connectivity index (χ4n) is 1.97. The first-order valence-corrected chi connectivity index (χ1v) is 6.24. The summed E-state index contributed by atoms with van der Waals surface area (Å²) in [5, 5.41) is 12.0. The highest BCUT2D eigenvalue weighted by molar-refractivity contribution is 6.09. The minimum absolute atomic E-state index is 0.464. The van der Waals surface area contributed by atoms with Crippen LogP contribution in [0.3, 0.4) is 0 Å². The highest BCUT2D eigenvalue weighted by Crippen LogP contribution is 2.20. The molecule has 0 aliphatic carbocycles. The molecule has 2 aromatic rings. The van der Waals surface area contributed by atoms with Crippen LogP contribution in [-0.2, 0) is 9.59 Å². The van der Waals surface area contributed by atoms with Crippen LogP contribution in [0, 0.1) is 6.92 Å². The van der Waals surface area contributed by atoms with Crippen molar-refractivity contribution >= 4 is 17.6 Å². The van der Waals surface area contributed by atoms with Gasteiger partial charge in [0.15, 0.2) is 5.92 Å². The lowest BCUT2D eigenvalue weighted by molar-refractivity contribution is -0.141. The number of para-hydroxylation sites is 1. The van der Waals surface area contributed by atoms with Crippen LogP contribution in [0.4, 0.5) is 5.69 Å². The molecule has 20 heavy (non-hydrogen) atoms. The number of amides is 1. The van der Waals surface area contributed by atoms with Crippen LogP contribution in [-0.4, -0.2) is 17.0 Å². The summed E-state index contributed by atoms with van der Waals surface area (Å²) < 4.78 is 0. The summed E-state index contributed by atoms with van der Waals surface area (Å²) in [7, 11) is 0. The van der Waals surface area contributed by atoms with Gasteiger partial charge in [0.1, 0.15) is 0 Å². The Labute approximate surface area is 117 Å². The van der Waals surface area contributed by atoms with E-state index in [2.05, 4.69) is 5.32 Å². The molecule has 1 atom stereocenters. The third-order valence-corrected chi connectivity index (χ3v) is 3.04. The molecule has 0 saturated heterocycles. The van der Waals surface area contributed by atoms with E-state index in [1.165, 1.54) is 0 Å². The van der Waals surface area contributed by atoms with Crippen molar-refractivity contribution in [1.29, 1.82) is 0 Å². The van der Waals surface area contributed by atoms with Gasteiger partial charge in [0, 0.05) is 5.69 Å². The Morgan fingerprint density at radius 3 is 2.20 bits per heavy atom. The Hall–Kier alpha value is -2.62. The summed E-state index contributed by atoms with van der Waals surface area (Å²) >= 11 is 0. The second kappa shape index (κ2) is 6.02. The van der Waals surface area contributed by atoms with E-state index >= 15 is 0 Å². The Bertz CT molecular complexity index is 623. The number of benzene rings is 2. The maximum Gasteiger partial charge on any atom is 0.320 e. The van der Waals surface area contributed by atoms with Crippen LogP contribution in [0.25, 0.3) is 0 Å². The summed E-state index contributed by atoms with van der Waals surface area (Å²) in [6, 6.07) is 15.7. The number of anilines is 1. The highest BCUT2D eigenvalue weighted by Gasteiger charge is 2.28. The molecule has 0 spiro atoms. The summed E-state index contributed by atoms with van der Waals surface area (Å²) in [4.78, 5) is 23.6. The van der Waals surface area contributed by atoms with E-state index in [0.29, 0.717) is 11.3 Å². The average molecular weight is 269 g/mol. The molecule has 0 aliphatic heterocycles. The number of nitrogens with one attached hydrogen (secondary N) is 1. The normalized spacial score (nSPS) is 11.7. The number of aryl methyl sites for hydroxylation is 1. The van der Waals surface area contributed by atoms with Crippen molar-refractivity contribution in [2.45, 2.75) is 12.8 Å². The van der Waals surface area contributed by atoms with E-state index in [4.69, 9.17) is 0 Å². The molecule has 2 aromatic carbocycles. The quantitative estimate of drug-likeness (QED) is 0.839. The van der Waals surface area contributed by atoms with Crippen molar-refractivity contribution in [1.82, 2.24) is 0 Å². The molecule has 0 heterocycles. The first-order valence-electron chi connectivity index (χ1n) is 6.24. The maximum absolute atomic E-state index is 12.2. The predicted molar refractivity (Wildman–Crippen MR) is 76.6 cm³/mol. The molecule has 2 N–H and O–H groups in total. The smallest absolute Gasteiger partial charge is 0.320 e. The van der Waals surface area contributed by atoms with Gasteiger partial charge in [-0.25, -0.2) is 0 Å². The zero-order valence-electron chi connectivity index (χ0n) is 11.0. The highest BCUT2D eigenvalue weighted by atomic mass is 16.4. The van der Waals surface area contributed by atoms with E-state index in [-0.39, 0.29) is 0 Å². The summed E-state index contributed by atoms with van der Waals surface area (Å²) in [6.45, 7) is 1.86. The van der Waals surface area contributed by atoms with Crippen molar-refractivity contribution < 1.29 is 14.7 Å². The Morgan fingerprint density at radius 2 is 1.60 bits per heavy atom. The van der Waals surface area contributed by atoms with E-state index in [0.717, 1.165) is 5.56 Å². The molecule has 2 rings (SSSR count). The number of hydrogen-bond acceptors (Lipinski definition) is 2. The van der Waals surface area contributed by atoms with Crippen molar-refractivity contribution in [2.24, 2.45) is 0 Å². The molecule has 0 saturated carbocycles. The van der Waals surface area contributed by atoms with Crippen molar-refractivity contribution in [3.05, 3.63) is 65.7 Å². The lowest BCUT2D eigenvalue weighted by Gasteiger charge is -2.14. The van der Waals surface area contributed by atoms with Crippen LogP contribution in [0.2, 0.25) is 0 Å². The van der Waals surface area contributed by atoms with Gasteiger partial charge in [-0.3, -0.25) is 9.59 Å². The molecule has 1 amide bonds. The standard InChI is InChI=1S/C16H15NO3/c1-11-7-5-6-10-13(11)17-15(18)14(16(19)20)12-8-3-2-4-9-12/h2-10,14H,1H3,(H,17,18)(H,19,20). The van der Waals surface area contributed by atoms with Crippen LogP contribution >= 0.6 is 0 Å². The fourth-order valence-corrected chi connectivity index (χ4v) is 1.97. The first-order chi connectivity index (χ1) is 9.59. The van der Waals surface area contributed by atoms with Gasteiger partial charge in [0.2, 0.25) is 5.91 Å². The number of carboxylic acids is 1. The van der Waals surface area contributed by atoms with Gasteiger partial charge in [-0.2, -0.15) is 0 Å². The van der Waals surface area contributed by atoms with Crippen molar-refractivity contribution in [3.63, 3.8) is 0 Å². The molecule has 0 aliphatic rings. The number of rotatable bonds is 4. The predicted octanol–water partition coefficient (Wildman–Crippen LogP) is 2.80. The number of aliphatic carboxylic acids is 1. The van der Waals surface area contributed by atoms with Crippen LogP contribution in [0.1, 0.15) is 17.0 Å². The third-order valence-electron chi connectivity index (χ3n) is 3.04. The minimum atomic E-state index is -1.21. The minimum Gasteiger partial charge on any atom is -0.480 e. The summed E-state index contributed by atoms with van der Waals surface area (Å²) in [5.41, 5.74) is 1.98. The monoisotopic (exact) mass is 269 g/mol. The topological polar surface area (TPSA) is 66.4 Å². The number of carboxylic acid groups (broad SMARTS) is 1. The second-order valence-electron chi connectivity index (χ2n) is 4.49. The number of hydrogen-bond donors (Lipinski definition) is 2. The van der Waals surface area contributed by atoms with Crippen molar-refractivity contribution in [2.75, 3.05) is 5.32 Å². The van der Waals surface area contributed by atoms with Crippen LogP contribution < -0.4 is 5.32 Å². The number of carbonyl (C=O) groups excluding carboxylic acids is 1. The zero-order valence-corrected chi connectivity index (χ0v) is 11.0. The first kappa shape index (κ1) is 13.8. The third kappa shape index (κ3) is 3.03. The van der Waals surface area contributed by atoms with E-state index in [9.17, 15) is 14.7 Å². The van der Waals surface area contributed by atoms with Gasteiger partial charge >= 0.3 is 5.97 Å². The molecule has 1 unspecified atom stereocenters. The van der Waals surface area contributed by atoms with Gasteiger partial charge in [-0.05, 0) is 24.1 Å². The maximum atomic E-state index is 12.2. The lowest BCUT2D eigenvalue weighted by atomic mass is 9.98. The largest absolute Gasteiger partial charge is 0.480 e. The molecular formula is C16H15NO3. The zero-order chi connectivity index (χ0) is 14.5. The number of carbonyl (C=O) groups is 2. The summed E-state index contributed by atoms with van der Waals surface area (Å²) in [6.07, 6.45) is 0. The molecule has 4 heteroatoms. The SMILES string of the molecule is Cc1ccccc1NC(=O)C(C(=O)O)c1ccccc1.